The molecule has 0 heterocycles. The molecule has 2 rings (SSSR count). The van der Waals surface area contributed by atoms with Gasteiger partial charge in [-0.1, -0.05) is 76.3 Å². The first-order valence-corrected chi connectivity index (χ1v) is 14.8. The Kier molecular flexibility index (Phi) is 13.3. The van der Waals surface area contributed by atoms with Gasteiger partial charge in [0.15, 0.2) is 0 Å². The van der Waals surface area contributed by atoms with Crippen LogP contribution in [0.2, 0.25) is 0 Å². The summed E-state index contributed by atoms with van der Waals surface area (Å²) in [6, 6.07) is 8.30. The Bertz CT molecular complexity index is 857. The Morgan fingerprint density at radius 1 is 1.14 bits per heavy atom. The van der Waals surface area contributed by atoms with Gasteiger partial charge in [-0.3, -0.25) is 20.2 Å². The van der Waals surface area contributed by atoms with E-state index in [-0.39, 0.29) is 18.2 Å². The molecule has 0 aliphatic heterocycles. The van der Waals surface area contributed by atoms with E-state index in [2.05, 4.69) is 10.6 Å². The highest BCUT2D eigenvalue weighted by Gasteiger charge is 2.45. The first-order valence-electron chi connectivity index (χ1n) is 13.5. The van der Waals surface area contributed by atoms with Crippen LogP contribution >= 0.6 is 8.03 Å². The van der Waals surface area contributed by atoms with Crippen molar-refractivity contribution in [3.63, 3.8) is 0 Å². The van der Waals surface area contributed by atoms with E-state index in [9.17, 15) is 19.3 Å². The normalized spacial score (nSPS) is 17.8. The minimum atomic E-state index is -2.50. The Morgan fingerprint density at radius 3 is 2.38 bits per heavy atom. The van der Waals surface area contributed by atoms with Crippen molar-refractivity contribution in [3.05, 3.63) is 35.9 Å². The van der Waals surface area contributed by atoms with Crippen molar-refractivity contribution >= 4 is 19.8 Å². The van der Waals surface area contributed by atoms with Crippen LogP contribution in [-0.2, 0) is 29.8 Å². The second-order valence-electron chi connectivity index (χ2n) is 11.0. The van der Waals surface area contributed by atoms with Gasteiger partial charge in [-0.15, -0.1) is 4.52 Å². The Morgan fingerprint density at radius 2 is 1.78 bits per heavy atom. The quantitative estimate of drug-likeness (QED) is 0.212. The van der Waals surface area contributed by atoms with E-state index < -0.39 is 37.7 Å². The number of ether oxygens (including phenoxy) is 1. The molecule has 0 aromatic heterocycles. The number of benzene rings is 1. The third-order valence-corrected chi connectivity index (χ3v) is 8.29. The summed E-state index contributed by atoms with van der Waals surface area (Å²) >= 11 is 0. The van der Waals surface area contributed by atoms with Gasteiger partial charge in [-0.05, 0) is 55.1 Å². The fraction of sp³-hybridized carbons (Fsp3) is 0.714. The second-order valence-corrected chi connectivity index (χ2v) is 12.3. The summed E-state index contributed by atoms with van der Waals surface area (Å²) in [7, 11) is -1.05. The lowest BCUT2D eigenvalue weighted by Gasteiger charge is -2.30. The van der Waals surface area contributed by atoms with Gasteiger partial charge < -0.3 is 9.84 Å². The molecule has 1 saturated carbocycles. The van der Waals surface area contributed by atoms with E-state index in [0.717, 1.165) is 31.2 Å². The smallest absolute Gasteiger partial charge is 0.350 e. The van der Waals surface area contributed by atoms with Gasteiger partial charge in [0.25, 0.3) is 0 Å². The maximum Gasteiger partial charge on any atom is 0.544 e. The number of amides is 2. The first kappa shape index (κ1) is 31.5. The maximum absolute atomic E-state index is 13.2. The zero-order chi connectivity index (χ0) is 27.4. The van der Waals surface area contributed by atoms with Crippen LogP contribution in [0.5, 0.6) is 0 Å². The summed E-state index contributed by atoms with van der Waals surface area (Å²) in [4.78, 5) is 25.8. The Labute approximate surface area is 223 Å². The number of nitrogens with one attached hydrogen (secondary N) is 2. The standard InChI is InChI=1S/C28H45N2O6P/c1-20(2)18-23(26(32)30-25(31)17-16-21-12-8-6-9-13-21)29-24(19-22-14-10-7-11-15-22)27(33)37(34)36-28(3,4)35-5/h6,8-9,12-13,20,22-24,27,29,33H,7,10-11,14-19H2,1-5H3/p+1/t23-,24-,27?/m0/s1. The molecule has 4 atom stereocenters. The van der Waals surface area contributed by atoms with Crippen LogP contribution in [0.4, 0.5) is 0 Å². The minimum absolute atomic E-state index is 0.160. The number of carbonyl (C=O) groups excluding carboxylic acids is 2. The number of hydrogen-bond donors (Lipinski definition) is 3. The predicted molar refractivity (Wildman–Crippen MR) is 145 cm³/mol. The van der Waals surface area contributed by atoms with Gasteiger partial charge in [-0.2, -0.15) is 0 Å². The number of methoxy groups -OCH3 is 1. The summed E-state index contributed by atoms with van der Waals surface area (Å²) in [5.74, 6) is -2.71. The molecule has 0 saturated heterocycles. The van der Waals surface area contributed by atoms with Crippen LogP contribution in [0.25, 0.3) is 0 Å². The average Bonchev–Trinajstić information content (AvgIpc) is 2.86. The number of aryl methyl sites for hydroxylation is 1. The zero-order valence-electron chi connectivity index (χ0n) is 23.1. The molecular formula is C28H46N2O6P+. The molecule has 0 radical (unpaired) electrons. The summed E-state index contributed by atoms with van der Waals surface area (Å²) < 4.78 is 23.7. The van der Waals surface area contributed by atoms with Gasteiger partial charge in [0.1, 0.15) is 0 Å². The molecular weight excluding hydrogens is 491 g/mol. The number of carbonyl (C=O) groups is 2. The molecule has 3 N–H and O–H groups in total. The van der Waals surface area contributed by atoms with Gasteiger partial charge in [0.2, 0.25) is 17.6 Å². The molecule has 0 spiro atoms. The van der Waals surface area contributed by atoms with Gasteiger partial charge in [-0.25, -0.2) is 0 Å². The highest BCUT2D eigenvalue weighted by Crippen LogP contribution is 2.38. The number of imide groups is 1. The van der Waals surface area contributed by atoms with E-state index in [1.165, 1.54) is 13.5 Å². The van der Waals surface area contributed by atoms with Crippen LogP contribution in [0, 0.1) is 11.8 Å². The fourth-order valence-corrected chi connectivity index (χ4v) is 5.80. The van der Waals surface area contributed by atoms with Crippen LogP contribution in [-0.4, -0.2) is 47.7 Å². The lowest BCUT2D eigenvalue weighted by atomic mass is 9.84. The number of aliphatic hydroxyl groups excluding tert-OH is 1. The van der Waals surface area contributed by atoms with Gasteiger partial charge >= 0.3 is 13.9 Å². The predicted octanol–water partition coefficient (Wildman–Crippen LogP) is 5.07. The van der Waals surface area contributed by atoms with E-state index in [1.807, 2.05) is 44.2 Å². The van der Waals surface area contributed by atoms with Crippen molar-refractivity contribution in [1.29, 1.82) is 0 Å². The molecule has 1 aromatic rings. The number of aliphatic hydroxyl groups is 1. The van der Waals surface area contributed by atoms with Crippen LogP contribution < -0.4 is 10.6 Å². The SMILES string of the molecule is COC(C)(C)O[P+](=O)C(O)[C@H](CC1CCCCC1)N[C@@H](CC(C)C)C(=O)NC(=O)CCc1ccccc1. The van der Waals surface area contributed by atoms with Crippen molar-refractivity contribution in [2.75, 3.05) is 7.11 Å². The summed E-state index contributed by atoms with van der Waals surface area (Å²) in [6.07, 6.45) is 7.28. The van der Waals surface area contributed by atoms with Crippen molar-refractivity contribution in [2.45, 2.75) is 109 Å². The number of rotatable bonds is 15. The molecule has 1 aromatic carbocycles. The third kappa shape index (κ3) is 11.7. The maximum atomic E-state index is 13.2. The summed E-state index contributed by atoms with van der Waals surface area (Å²) in [5.41, 5.74) is 1.03. The summed E-state index contributed by atoms with van der Waals surface area (Å²) in [6.45, 7) is 7.26. The van der Waals surface area contributed by atoms with E-state index in [0.29, 0.717) is 25.2 Å². The fourth-order valence-electron chi connectivity index (χ4n) is 4.68. The Hall–Kier alpha value is -1.70. The molecule has 37 heavy (non-hydrogen) atoms. The van der Waals surface area contributed by atoms with E-state index in [4.69, 9.17) is 9.26 Å². The number of hydrogen-bond acceptors (Lipinski definition) is 7. The van der Waals surface area contributed by atoms with Crippen molar-refractivity contribution in [1.82, 2.24) is 10.6 Å². The molecule has 1 aliphatic carbocycles. The van der Waals surface area contributed by atoms with Crippen LogP contribution in [0.3, 0.4) is 0 Å². The Balaban J connectivity index is 2.11. The molecule has 1 aliphatic rings. The van der Waals surface area contributed by atoms with Crippen molar-refractivity contribution in [3.8, 4) is 0 Å². The van der Waals surface area contributed by atoms with E-state index in [1.54, 1.807) is 13.8 Å². The van der Waals surface area contributed by atoms with Crippen molar-refractivity contribution < 1.29 is 28.5 Å². The van der Waals surface area contributed by atoms with Crippen LogP contribution in [0.15, 0.2) is 30.3 Å². The van der Waals surface area contributed by atoms with Gasteiger partial charge in [0, 0.05) is 13.5 Å². The molecule has 208 valence electrons. The van der Waals surface area contributed by atoms with Gasteiger partial charge in [0.05, 0.1) is 12.1 Å². The monoisotopic (exact) mass is 537 g/mol. The topological polar surface area (TPSA) is 114 Å². The molecule has 2 amide bonds. The largest absolute Gasteiger partial charge is 0.544 e. The molecule has 9 heteroatoms. The third-order valence-electron chi connectivity index (χ3n) is 6.87. The lowest BCUT2D eigenvalue weighted by Crippen LogP contribution is -2.53. The zero-order valence-corrected chi connectivity index (χ0v) is 24.0. The minimum Gasteiger partial charge on any atom is -0.350 e. The molecule has 1 fully saturated rings. The van der Waals surface area contributed by atoms with Crippen molar-refractivity contribution in [2.24, 2.45) is 11.8 Å². The molecule has 0 bridgehead atoms. The summed E-state index contributed by atoms with van der Waals surface area (Å²) in [5, 5.41) is 16.9. The highest BCUT2D eigenvalue weighted by atomic mass is 31.1. The second kappa shape index (κ2) is 15.6. The molecule has 2 unspecified atom stereocenters. The first-order chi connectivity index (χ1) is 17.5. The highest BCUT2D eigenvalue weighted by molar-refractivity contribution is 7.39. The van der Waals surface area contributed by atoms with E-state index >= 15 is 0 Å². The molecule has 8 nitrogen and oxygen atoms in total. The lowest BCUT2D eigenvalue weighted by molar-refractivity contribution is -0.134. The van der Waals surface area contributed by atoms with Crippen LogP contribution in [0.1, 0.15) is 84.6 Å². The average molecular weight is 538 g/mol.